The second kappa shape index (κ2) is 6.14. The molecule has 0 radical (unpaired) electrons. The molecule has 5 heteroatoms. The molecule has 0 unspecified atom stereocenters. The number of furan rings is 1. The van der Waals surface area contributed by atoms with Gasteiger partial charge in [-0.1, -0.05) is 0 Å². The van der Waals surface area contributed by atoms with Crippen LogP contribution in [-0.4, -0.2) is 19.2 Å². The van der Waals surface area contributed by atoms with Crippen molar-refractivity contribution in [3.63, 3.8) is 0 Å². The number of nitrogen functional groups attached to an aromatic ring is 1. The Labute approximate surface area is 117 Å². The molecule has 1 aromatic heterocycles. The van der Waals surface area contributed by atoms with Crippen molar-refractivity contribution in [2.45, 2.75) is 13.8 Å². The van der Waals surface area contributed by atoms with E-state index in [1.165, 1.54) is 0 Å². The molecule has 0 amide bonds. The molecular formula is C15H17NO4. The van der Waals surface area contributed by atoms with Crippen LogP contribution in [0.2, 0.25) is 0 Å². The molecule has 1 heterocycles. The zero-order chi connectivity index (χ0) is 14.5. The fraction of sp³-hybridized carbons (Fsp3) is 0.267. The summed E-state index contributed by atoms with van der Waals surface area (Å²) in [6.07, 6.45) is 0. The number of rotatable bonds is 5. The van der Waals surface area contributed by atoms with Crippen LogP contribution in [0, 0.1) is 0 Å². The summed E-state index contributed by atoms with van der Waals surface area (Å²) in [5.41, 5.74) is 7.21. The Balaban J connectivity index is 2.24. The summed E-state index contributed by atoms with van der Waals surface area (Å²) in [5.74, 6) is 0.892. The number of benzene rings is 1. The monoisotopic (exact) mass is 275 g/mol. The number of nitrogens with two attached hydrogens (primary N) is 1. The van der Waals surface area contributed by atoms with Crippen LogP contribution in [0.1, 0.15) is 24.4 Å². The summed E-state index contributed by atoms with van der Waals surface area (Å²) in [4.78, 5) is 11.5. The smallest absolute Gasteiger partial charge is 0.374 e. The van der Waals surface area contributed by atoms with Crippen LogP contribution in [0.5, 0.6) is 5.75 Å². The van der Waals surface area contributed by atoms with Gasteiger partial charge in [-0.05, 0) is 44.2 Å². The third-order valence-electron chi connectivity index (χ3n) is 2.68. The van der Waals surface area contributed by atoms with Crippen LogP contribution in [-0.2, 0) is 4.74 Å². The standard InChI is InChI=1S/C15H17NO4/c1-3-18-13-6-5-10(9-11(13)16)12-7-8-14(20-12)15(17)19-4-2/h5-9H,3-4,16H2,1-2H3. The third kappa shape index (κ3) is 2.93. The van der Waals surface area contributed by atoms with Crippen molar-refractivity contribution in [3.05, 3.63) is 36.1 Å². The van der Waals surface area contributed by atoms with Gasteiger partial charge in [0.05, 0.1) is 18.9 Å². The first kappa shape index (κ1) is 14.0. The Bertz CT molecular complexity index is 604. The normalized spacial score (nSPS) is 10.3. The number of carbonyl (C=O) groups is 1. The second-order valence-corrected chi connectivity index (χ2v) is 4.07. The van der Waals surface area contributed by atoms with Gasteiger partial charge in [-0.15, -0.1) is 0 Å². The fourth-order valence-corrected chi connectivity index (χ4v) is 1.79. The van der Waals surface area contributed by atoms with Gasteiger partial charge in [0.2, 0.25) is 5.76 Å². The van der Waals surface area contributed by atoms with Crippen molar-refractivity contribution in [1.82, 2.24) is 0 Å². The first-order valence-electron chi connectivity index (χ1n) is 6.45. The summed E-state index contributed by atoms with van der Waals surface area (Å²) in [7, 11) is 0. The minimum Gasteiger partial charge on any atom is -0.492 e. The molecule has 106 valence electrons. The predicted octanol–water partition coefficient (Wildman–Crippen LogP) is 3.10. The van der Waals surface area contributed by atoms with E-state index in [1.807, 2.05) is 13.0 Å². The number of ether oxygens (including phenoxy) is 2. The van der Waals surface area contributed by atoms with Crippen molar-refractivity contribution in [2.75, 3.05) is 18.9 Å². The highest BCUT2D eigenvalue weighted by Gasteiger charge is 2.13. The molecule has 0 aliphatic carbocycles. The molecule has 0 aliphatic heterocycles. The van der Waals surface area contributed by atoms with Gasteiger partial charge < -0.3 is 19.6 Å². The highest BCUT2D eigenvalue weighted by molar-refractivity contribution is 5.87. The molecule has 0 bridgehead atoms. The third-order valence-corrected chi connectivity index (χ3v) is 2.68. The molecule has 5 nitrogen and oxygen atoms in total. The van der Waals surface area contributed by atoms with Gasteiger partial charge in [0.25, 0.3) is 0 Å². The van der Waals surface area contributed by atoms with Crippen molar-refractivity contribution in [1.29, 1.82) is 0 Å². The van der Waals surface area contributed by atoms with E-state index in [4.69, 9.17) is 19.6 Å². The zero-order valence-corrected chi connectivity index (χ0v) is 11.5. The first-order chi connectivity index (χ1) is 9.65. The Morgan fingerprint density at radius 1 is 1.20 bits per heavy atom. The first-order valence-corrected chi connectivity index (χ1v) is 6.45. The Kier molecular flexibility index (Phi) is 4.30. The fourth-order valence-electron chi connectivity index (χ4n) is 1.79. The number of hydrogen-bond acceptors (Lipinski definition) is 5. The van der Waals surface area contributed by atoms with E-state index in [9.17, 15) is 4.79 Å². The quantitative estimate of drug-likeness (QED) is 0.670. The van der Waals surface area contributed by atoms with Crippen LogP contribution >= 0.6 is 0 Å². The molecule has 2 N–H and O–H groups in total. The van der Waals surface area contributed by atoms with Gasteiger partial charge in [0.1, 0.15) is 11.5 Å². The van der Waals surface area contributed by atoms with Crippen LogP contribution in [0.3, 0.4) is 0 Å². The summed E-state index contributed by atoms with van der Waals surface area (Å²) in [6, 6.07) is 8.65. The van der Waals surface area contributed by atoms with E-state index in [1.54, 1.807) is 31.2 Å². The maximum absolute atomic E-state index is 11.5. The Hall–Kier alpha value is -2.43. The number of hydrogen-bond donors (Lipinski definition) is 1. The molecule has 0 spiro atoms. The van der Waals surface area contributed by atoms with E-state index in [0.717, 1.165) is 5.56 Å². The molecule has 0 atom stereocenters. The van der Waals surface area contributed by atoms with Crippen molar-refractivity contribution in [2.24, 2.45) is 0 Å². The molecule has 1 aromatic carbocycles. The topological polar surface area (TPSA) is 74.7 Å². The van der Waals surface area contributed by atoms with Crippen molar-refractivity contribution >= 4 is 11.7 Å². The minimum absolute atomic E-state index is 0.175. The van der Waals surface area contributed by atoms with Gasteiger partial charge >= 0.3 is 5.97 Å². The van der Waals surface area contributed by atoms with E-state index in [0.29, 0.717) is 30.4 Å². The Morgan fingerprint density at radius 2 is 2.00 bits per heavy atom. The lowest BCUT2D eigenvalue weighted by molar-refractivity contribution is 0.0491. The van der Waals surface area contributed by atoms with Gasteiger partial charge in [-0.25, -0.2) is 4.79 Å². The average Bonchev–Trinajstić information content (AvgIpc) is 2.91. The number of anilines is 1. The van der Waals surface area contributed by atoms with Crippen LogP contribution in [0.15, 0.2) is 34.7 Å². The summed E-state index contributed by atoms with van der Waals surface area (Å²) >= 11 is 0. The maximum atomic E-state index is 11.5. The van der Waals surface area contributed by atoms with Gasteiger partial charge in [-0.2, -0.15) is 0 Å². The lowest BCUT2D eigenvalue weighted by Gasteiger charge is -2.07. The SMILES string of the molecule is CCOC(=O)c1ccc(-c2ccc(OCC)c(N)c2)o1. The van der Waals surface area contributed by atoms with Crippen molar-refractivity contribution < 1.29 is 18.7 Å². The zero-order valence-electron chi connectivity index (χ0n) is 11.5. The molecule has 2 aromatic rings. The largest absolute Gasteiger partial charge is 0.492 e. The Morgan fingerprint density at radius 3 is 2.65 bits per heavy atom. The second-order valence-electron chi connectivity index (χ2n) is 4.07. The van der Waals surface area contributed by atoms with E-state index >= 15 is 0 Å². The van der Waals surface area contributed by atoms with Crippen LogP contribution in [0.25, 0.3) is 11.3 Å². The summed E-state index contributed by atoms with van der Waals surface area (Å²) in [6.45, 7) is 4.50. The number of carbonyl (C=O) groups excluding carboxylic acids is 1. The summed E-state index contributed by atoms with van der Waals surface area (Å²) in [5, 5.41) is 0. The minimum atomic E-state index is -0.474. The molecule has 2 rings (SSSR count). The number of esters is 1. The van der Waals surface area contributed by atoms with Gasteiger partial charge in [0.15, 0.2) is 0 Å². The lowest BCUT2D eigenvalue weighted by atomic mass is 10.1. The molecule has 20 heavy (non-hydrogen) atoms. The van der Waals surface area contributed by atoms with E-state index < -0.39 is 5.97 Å². The predicted molar refractivity (Wildman–Crippen MR) is 75.7 cm³/mol. The molecular weight excluding hydrogens is 258 g/mol. The molecule has 0 aliphatic rings. The molecule has 0 saturated carbocycles. The highest BCUT2D eigenvalue weighted by atomic mass is 16.5. The molecule has 0 saturated heterocycles. The van der Waals surface area contributed by atoms with Crippen molar-refractivity contribution in [3.8, 4) is 17.1 Å². The summed E-state index contributed by atoms with van der Waals surface area (Å²) < 4.78 is 15.7. The maximum Gasteiger partial charge on any atom is 0.374 e. The van der Waals surface area contributed by atoms with Gasteiger partial charge in [0, 0.05) is 5.56 Å². The highest BCUT2D eigenvalue weighted by Crippen LogP contribution is 2.29. The van der Waals surface area contributed by atoms with E-state index in [-0.39, 0.29) is 5.76 Å². The van der Waals surface area contributed by atoms with E-state index in [2.05, 4.69) is 0 Å². The average molecular weight is 275 g/mol. The van der Waals surface area contributed by atoms with Crippen LogP contribution in [0.4, 0.5) is 5.69 Å². The molecule has 0 fully saturated rings. The van der Waals surface area contributed by atoms with Gasteiger partial charge in [-0.3, -0.25) is 0 Å². The lowest BCUT2D eigenvalue weighted by Crippen LogP contribution is -2.02. The van der Waals surface area contributed by atoms with Crippen LogP contribution < -0.4 is 10.5 Å².